The molecule has 171 valence electrons. The predicted molar refractivity (Wildman–Crippen MR) is 147 cm³/mol. The fourth-order valence-corrected chi connectivity index (χ4v) is 5.01. The fourth-order valence-electron chi connectivity index (χ4n) is 4.57. The van der Waals surface area contributed by atoms with Crippen LogP contribution in [-0.2, 0) is 21.9 Å². The highest BCUT2D eigenvalue weighted by Crippen LogP contribution is 2.40. The minimum Gasteiger partial charge on any atom is -0.413 e. The van der Waals surface area contributed by atoms with Crippen molar-refractivity contribution in [3.63, 3.8) is 0 Å². The number of fused-ring (bicyclic) bond motifs is 3. The Kier molecular flexibility index (Phi) is 6.28. The van der Waals surface area contributed by atoms with Crippen LogP contribution < -0.4 is 0 Å². The van der Waals surface area contributed by atoms with Crippen molar-refractivity contribution in [1.82, 2.24) is 0 Å². The van der Waals surface area contributed by atoms with E-state index in [2.05, 4.69) is 121 Å². The highest BCUT2D eigenvalue weighted by Gasteiger charge is 2.26. The molecule has 1 nitrogen and oxygen atoms in total. The first-order valence-corrected chi connectivity index (χ1v) is 14.4. The summed E-state index contributed by atoms with van der Waals surface area (Å²) < 4.78 is 6.31. The first-order chi connectivity index (χ1) is 15.4. The normalized spacial score (nSPS) is 12.8. The topological polar surface area (TPSA) is 9.23 Å². The molecule has 4 aromatic carbocycles. The Morgan fingerprint density at radius 1 is 0.697 bits per heavy atom. The lowest BCUT2D eigenvalue weighted by Crippen LogP contribution is -2.21. The summed E-state index contributed by atoms with van der Waals surface area (Å²) in [4.78, 5) is 0. The minimum atomic E-state index is -0.792. The molecule has 0 spiro atoms. The first-order valence-electron chi connectivity index (χ1n) is 12.0. The summed E-state index contributed by atoms with van der Waals surface area (Å²) in [5.74, 6) is 0. The average molecular weight is 454 g/mol. The molecule has 4 aromatic rings. The van der Waals surface area contributed by atoms with Crippen molar-refractivity contribution in [1.29, 1.82) is 0 Å². The average Bonchev–Trinajstić information content (AvgIpc) is 2.75. The SMILES string of the molecule is C[Si](C)OCc1c(-c2ccc3ccc4ccccc4c3c2)cc(C(C)(C)C)cc1C(C)(C)C. The molecular weight excluding hydrogens is 416 g/mol. The van der Waals surface area contributed by atoms with Gasteiger partial charge in [0.25, 0.3) is 0 Å². The summed E-state index contributed by atoms with van der Waals surface area (Å²) in [6.07, 6.45) is 0. The van der Waals surface area contributed by atoms with Crippen LogP contribution in [0.5, 0.6) is 0 Å². The third-order valence-corrected chi connectivity index (χ3v) is 7.21. The smallest absolute Gasteiger partial charge is 0.205 e. The second-order valence-electron chi connectivity index (χ2n) is 11.5. The van der Waals surface area contributed by atoms with Gasteiger partial charge >= 0.3 is 0 Å². The first kappa shape index (κ1) is 23.7. The second kappa shape index (κ2) is 8.74. The van der Waals surface area contributed by atoms with Gasteiger partial charge < -0.3 is 4.43 Å². The van der Waals surface area contributed by atoms with Crippen molar-refractivity contribution in [3.8, 4) is 11.1 Å². The van der Waals surface area contributed by atoms with Gasteiger partial charge in [-0.3, -0.25) is 0 Å². The quantitative estimate of drug-likeness (QED) is 0.221. The Bertz CT molecular complexity index is 1300. The van der Waals surface area contributed by atoms with Crippen molar-refractivity contribution in [2.45, 2.75) is 72.1 Å². The van der Waals surface area contributed by atoms with Crippen molar-refractivity contribution >= 4 is 30.6 Å². The van der Waals surface area contributed by atoms with Gasteiger partial charge in [-0.15, -0.1) is 0 Å². The Morgan fingerprint density at radius 3 is 1.97 bits per heavy atom. The standard InChI is InChI=1S/C31H37OSi/c1-30(2,3)24-18-27(28(20-32-33(7)8)29(19-24)31(4,5)6)23-16-15-22-14-13-21-11-9-10-12-25(21)26(22)17-23/h9-19H,20H2,1-8H3. The summed E-state index contributed by atoms with van der Waals surface area (Å²) in [5, 5.41) is 5.19. The molecule has 0 atom stereocenters. The fraction of sp³-hybridized carbons (Fsp3) is 0.355. The summed E-state index contributed by atoms with van der Waals surface area (Å²) in [6.45, 7) is 19.0. The Morgan fingerprint density at radius 2 is 1.33 bits per heavy atom. The van der Waals surface area contributed by atoms with Gasteiger partial charge in [-0.05, 0) is 79.4 Å². The zero-order valence-electron chi connectivity index (χ0n) is 21.5. The van der Waals surface area contributed by atoms with Gasteiger partial charge in [-0.2, -0.15) is 0 Å². The molecule has 0 aliphatic rings. The maximum absolute atomic E-state index is 6.31. The monoisotopic (exact) mass is 453 g/mol. The van der Waals surface area contributed by atoms with E-state index in [0.29, 0.717) is 6.61 Å². The zero-order valence-corrected chi connectivity index (χ0v) is 22.5. The highest BCUT2D eigenvalue weighted by molar-refractivity contribution is 6.48. The van der Waals surface area contributed by atoms with Crippen LogP contribution in [0.3, 0.4) is 0 Å². The summed E-state index contributed by atoms with van der Waals surface area (Å²) >= 11 is 0. The van der Waals surface area contributed by atoms with E-state index in [1.807, 2.05) is 0 Å². The summed E-state index contributed by atoms with van der Waals surface area (Å²) in [5.41, 5.74) is 6.80. The summed E-state index contributed by atoms with van der Waals surface area (Å²) in [6, 6.07) is 24.9. The molecular formula is C31H37OSi. The van der Waals surface area contributed by atoms with E-state index < -0.39 is 9.04 Å². The molecule has 0 heterocycles. The predicted octanol–water partition coefficient (Wildman–Crippen LogP) is 9.02. The van der Waals surface area contributed by atoms with Gasteiger partial charge in [-0.1, -0.05) is 102 Å². The van der Waals surface area contributed by atoms with Crippen molar-refractivity contribution in [2.75, 3.05) is 0 Å². The maximum Gasteiger partial charge on any atom is 0.205 e. The lowest BCUT2D eigenvalue weighted by atomic mass is 9.76. The molecule has 0 saturated carbocycles. The third-order valence-electron chi connectivity index (χ3n) is 6.49. The van der Waals surface area contributed by atoms with E-state index >= 15 is 0 Å². The van der Waals surface area contributed by atoms with Crippen LogP contribution in [0, 0.1) is 0 Å². The molecule has 33 heavy (non-hydrogen) atoms. The molecule has 0 saturated heterocycles. The lowest BCUT2D eigenvalue weighted by Gasteiger charge is -2.30. The van der Waals surface area contributed by atoms with Gasteiger partial charge in [0, 0.05) is 0 Å². The summed E-state index contributed by atoms with van der Waals surface area (Å²) in [7, 11) is -0.792. The number of rotatable bonds is 4. The van der Waals surface area contributed by atoms with Crippen LogP contribution in [0.25, 0.3) is 32.7 Å². The number of benzene rings is 4. The van der Waals surface area contributed by atoms with Crippen LogP contribution in [0.4, 0.5) is 0 Å². The molecule has 1 radical (unpaired) electrons. The van der Waals surface area contributed by atoms with Gasteiger partial charge in [0.1, 0.15) is 0 Å². The molecule has 0 fully saturated rings. The van der Waals surface area contributed by atoms with E-state index in [0.717, 1.165) is 0 Å². The van der Waals surface area contributed by atoms with E-state index in [9.17, 15) is 0 Å². The van der Waals surface area contributed by atoms with Crippen LogP contribution in [0.2, 0.25) is 13.1 Å². The molecule has 2 heteroatoms. The van der Waals surface area contributed by atoms with E-state index in [1.165, 1.54) is 49.4 Å². The van der Waals surface area contributed by atoms with Crippen molar-refractivity contribution in [2.24, 2.45) is 0 Å². The minimum absolute atomic E-state index is 0.0344. The molecule has 0 N–H and O–H groups in total. The molecule has 0 amide bonds. The number of hydrogen-bond donors (Lipinski definition) is 0. The van der Waals surface area contributed by atoms with Gasteiger partial charge in [0.2, 0.25) is 9.04 Å². The lowest BCUT2D eigenvalue weighted by molar-refractivity contribution is 0.311. The largest absolute Gasteiger partial charge is 0.413 e. The molecule has 0 unspecified atom stereocenters. The second-order valence-corrected chi connectivity index (χ2v) is 13.6. The van der Waals surface area contributed by atoms with Crippen molar-refractivity contribution in [3.05, 3.63) is 83.4 Å². The Labute approximate surface area is 201 Å². The van der Waals surface area contributed by atoms with E-state index in [4.69, 9.17) is 4.43 Å². The molecule has 0 aromatic heterocycles. The highest BCUT2D eigenvalue weighted by atomic mass is 28.3. The molecule has 0 aliphatic heterocycles. The van der Waals surface area contributed by atoms with E-state index in [1.54, 1.807) is 0 Å². The zero-order chi connectivity index (χ0) is 24.0. The van der Waals surface area contributed by atoms with Crippen molar-refractivity contribution < 1.29 is 4.43 Å². The van der Waals surface area contributed by atoms with Crippen LogP contribution in [0.15, 0.2) is 66.7 Å². The van der Waals surface area contributed by atoms with Crippen LogP contribution >= 0.6 is 0 Å². The van der Waals surface area contributed by atoms with Gasteiger partial charge in [0.15, 0.2) is 0 Å². The Hall–Kier alpha value is -2.42. The maximum atomic E-state index is 6.31. The Balaban J connectivity index is 2.03. The van der Waals surface area contributed by atoms with Gasteiger partial charge in [-0.25, -0.2) is 0 Å². The molecule has 4 rings (SSSR count). The molecule has 0 bridgehead atoms. The van der Waals surface area contributed by atoms with Gasteiger partial charge in [0.05, 0.1) is 6.61 Å². The third kappa shape index (κ3) is 4.93. The molecule has 0 aliphatic carbocycles. The number of hydrogen-bond acceptors (Lipinski definition) is 1. The van der Waals surface area contributed by atoms with Crippen LogP contribution in [0.1, 0.15) is 58.2 Å². The van der Waals surface area contributed by atoms with E-state index in [-0.39, 0.29) is 10.8 Å². The van der Waals surface area contributed by atoms with Crippen LogP contribution in [-0.4, -0.2) is 9.04 Å².